The highest BCUT2D eigenvalue weighted by Crippen LogP contribution is 2.16. The number of benzene rings is 2. The smallest absolute Gasteiger partial charge is 0.255 e. The molecule has 0 bridgehead atoms. The topological polar surface area (TPSA) is 29.1 Å². The van der Waals surface area contributed by atoms with Crippen molar-refractivity contribution in [2.45, 2.75) is 13.8 Å². The summed E-state index contributed by atoms with van der Waals surface area (Å²) >= 11 is 0. The van der Waals surface area contributed by atoms with Crippen LogP contribution in [0.5, 0.6) is 0 Å². The third-order valence-electron chi connectivity index (χ3n) is 2.82. The molecule has 1 amide bonds. The molecule has 19 heavy (non-hydrogen) atoms. The molecule has 0 saturated heterocycles. The second kappa shape index (κ2) is 5.88. The maximum atomic E-state index is 12.2. The number of carbonyl (C=O) groups is 1. The fourth-order valence-electron chi connectivity index (χ4n) is 1.85. The van der Waals surface area contributed by atoms with Crippen molar-refractivity contribution in [2.24, 2.45) is 0 Å². The van der Waals surface area contributed by atoms with Gasteiger partial charge in [-0.05, 0) is 37.6 Å². The van der Waals surface area contributed by atoms with Crippen molar-refractivity contribution in [1.29, 1.82) is 0 Å². The highest BCUT2D eigenvalue weighted by Gasteiger charge is 2.09. The summed E-state index contributed by atoms with van der Waals surface area (Å²) in [5.41, 5.74) is 3.21. The highest BCUT2D eigenvalue weighted by atomic mass is 16.1. The molecular weight excluding hydrogens is 234 g/mol. The van der Waals surface area contributed by atoms with Gasteiger partial charge in [0.2, 0.25) is 0 Å². The minimum Gasteiger partial charge on any atom is -0.321 e. The van der Waals surface area contributed by atoms with Gasteiger partial charge in [-0.2, -0.15) is 0 Å². The first-order valence-electron chi connectivity index (χ1n) is 6.11. The van der Waals surface area contributed by atoms with E-state index >= 15 is 0 Å². The van der Waals surface area contributed by atoms with Crippen molar-refractivity contribution < 1.29 is 4.79 Å². The Morgan fingerprint density at radius 2 is 1.74 bits per heavy atom. The lowest BCUT2D eigenvalue weighted by molar-refractivity contribution is 0.102. The number of rotatable bonds is 2. The molecule has 94 valence electrons. The van der Waals surface area contributed by atoms with E-state index in [1.165, 1.54) is 0 Å². The molecule has 2 heteroatoms. The van der Waals surface area contributed by atoms with Gasteiger partial charge in [0.25, 0.3) is 5.91 Å². The summed E-state index contributed by atoms with van der Waals surface area (Å²) in [6.07, 6.45) is 0. The molecule has 0 aliphatic rings. The van der Waals surface area contributed by atoms with E-state index < -0.39 is 0 Å². The predicted molar refractivity (Wildman–Crippen MR) is 78.1 cm³/mol. The van der Waals surface area contributed by atoms with Gasteiger partial charge in [0.05, 0.1) is 5.69 Å². The van der Waals surface area contributed by atoms with Crippen molar-refractivity contribution in [3.63, 3.8) is 0 Å². The van der Waals surface area contributed by atoms with Crippen LogP contribution in [0, 0.1) is 18.8 Å². The van der Waals surface area contributed by atoms with Gasteiger partial charge in [-0.1, -0.05) is 36.3 Å². The zero-order valence-electron chi connectivity index (χ0n) is 11.0. The molecule has 0 heterocycles. The van der Waals surface area contributed by atoms with Gasteiger partial charge in [0, 0.05) is 11.1 Å². The van der Waals surface area contributed by atoms with Gasteiger partial charge in [-0.25, -0.2) is 0 Å². The van der Waals surface area contributed by atoms with Crippen LogP contribution in [0.25, 0.3) is 0 Å². The molecule has 2 aromatic carbocycles. The number of amides is 1. The van der Waals surface area contributed by atoms with Crippen molar-refractivity contribution in [1.82, 2.24) is 0 Å². The quantitative estimate of drug-likeness (QED) is 0.809. The van der Waals surface area contributed by atoms with E-state index in [0.717, 1.165) is 16.8 Å². The van der Waals surface area contributed by atoms with E-state index in [4.69, 9.17) is 0 Å². The fraction of sp³-hybridized carbons (Fsp3) is 0.118. The number of aryl methyl sites for hydroxylation is 1. The molecule has 0 radical (unpaired) electrons. The number of hydrogen-bond donors (Lipinski definition) is 1. The van der Waals surface area contributed by atoms with Crippen LogP contribution < -0.4 is 5.32 Å². The van der Waals surface area contributed by atoms with Crippen molar-refractivity contribution >= 4 is 11.6 Å². The molecule has 0 aromatic heterocycles. The Kier molecular flexibility index (Phi) is 4.00. The van der Waals surface area contributed by atoms with E-state index in [1.54, 1.807) is 6.92 Å². The Morgan fingerprint density at radius 3 is 2.47 bits per heavy atom. The first-order valence-corrected chi connectivity index (χ1v) is 6.11. The summed E-state index contributed by atoms with van der Waals surface area (Å²) in [5, 5.41) is 2.91. The van der Waals surface area contributed by atoms with Gasteiger partial charge in [0.15, 0.2) is 0 Å². The lowest BCUT2D eigenvalue weighted by Crippen LogP contribution is -2.14. The van der Waals surface area contributed by atoms with E-state index in [9.17, 15) is 4.79 Å². The van der Waals surface area contributed by atoms with E-state index in [0.29, 0.717) is 5.56 Å². The average molecular weight is 249 g/mol. The Morgan fingerprint density at radius 1 is 1.05 bits per heavy atom. The SMILES string of the molecule is CC#Cc1ccccc1NC(=O)c1ccccc1C. The van der Waals surface area contributed by atoms with Gasteiger partial charge in [-0.15, -0.1) is 5.92 Å². The van der Waals surface area contributed by atoms with Crippen molar-refractivity contribution in [3.05, 3.63) is 65.2 Å². The van der Waals surface area contributed by atoms with E-state index in [2.05, 4.69) is 17.2 Å². The number of nitrogens with one attached hydrogen (secondary N) is 1. The van der Waals surface area contributed by atoms with Crippen molar-refractivity contribution in [3.8, 4) is 11.8 Å². The van der Waals surface area contributed by atoms with Gasteiger partial charge < -0.3 is 5.32 Å². The molecule has 0 saturated carbocycles. The Bertz CT molecular complexity index is 662. The molecule has 0 unspecified atom stereocenters. The average Bonchev–Trinajstić information content (AvgIpc) is 2.41. The predicted octanol–water partition coefficient (Wildman–Crippen LogP) is 3.62. The Hall–Kier alpha value is -2.53. The molecule has 0 fully saturated rings. The normalized spacial score (nSPS) is 9.37. The number of carbonyl (C=O) groups excluding carboxylic acids is 1. The minimum absolute atomic E-state index is 0.108. The molecule has 0 aliphatic heterocycles. The second-order valence-corrected chi connectivity index (χ2v) is 4.19. The zero-order valence-corrected chi connectivity index (χ0v) is 11.0. The molecule has 1 N–H and O–H groups in total. The van der Waals surface area contributed by atoms with Crippen LogP contribution in [-0.2, 0) is 0 Å². The summed E-state index contributed by atoms with van der Waals surface area (Å²) in [6, 6.07) is 15.1. The molecule has 0 spiro atoms. The Balaban J connectivity index is 2.29. The first-order chi connectivity index (χ1) is 9.22. The van der Waals surface area contributed by atoms with Gasteiger partial charge in [0.1, 0.15) is 0 Å². The molecule has 2 rings (SSSR count). The number of para-hydroxylation sites is 1. The van der Waals surface area contributed by atoms with Crippen LogP contribution in [0.15, 0.2) is 48.5 Å². The number of anilines is 1. The molecular formula is C17H15NO. The summed E-state index contributed by atoms with van der Waals surface area (Å²) in [5.74, 6) is 5.72. The van der Waals surface area contributed by atoms with Gasteiger partial charge >= 0.3 is 0 Å². The van der Waals surface area contributed by atoms with Crippen LogP contribution in [0.2, 0.25) is 0 Å². The molecule has 2 aromatic rings. The lowest BCUT2D eigenvalue weighted by atomic mass is 10.1. The standard InChI is InChI=1S/C17H15NO/c1-3-8-14-10-5-7-12-16(14)18-17(19)15-11-6-4-9-13(15)2/h4-7,9-12H,1-2H3,(H,18,19). The van der Waals surface area contributed by atoms with Crippen LogP contribution >= 0.6 is 0 Å². The fourth-order valence-corrected chi connectivity index (χ4v) is 1.85. The van der Waals surface area contributed by atoms with E-state index in [1.807, 2.05) is 55.5 Å². The first kappa shape index (κ1) is 12.9. The van der Waals surface area contributed by atoms with E-state index in [-0.39, 0.29) is 5.91 Å². The molecule has 0 aliphatic carbocycles. The summed E-state index contributed by atoms with van der Waals surface area (Å²) in [6.45, 7) is 3.70. The monoisotopic (exact) mass is 249 g/mol. The van der Waals surface area contributed by atoms with Gasteiger partial charge in [-0.3, -0.25) is 4.79 Å². The van der Waals surface area contributed by atoms with Crippen LogP contribution in [0.3, 0.4) is 0 Å². The maximum absolute atomic E-state index is 12.2. The largest absolute Gasteiger partial charge is 0.321 e. The lowest BCUT2D eigenvalue weighted by Gasteiger charge is -2.09. The van der Waals surface area contributed by atoms with Crippen LogP contribution in [-0.4, -0.2) is 5.91 Å². The highest BCUT2D eigenvalue weighted by molar-refractivity contribution is 6.05. The third kappa shape index (κ3) is 3.02. The maximum Gasteiger partial charge on any atom is 0.255 e. The van der Waals surface area contributed by atoms with Crippen LogP contribution in [0.1, 0.15) is 28.4 Å². The number of hydrogen-bond acceptors (Lipinski definition) is 1. The zero-order chi connectivity index (χ0) is 13.7. The van der Waals surface area contributed by atoms with Crippen LogP contribution in [0.4, 0.5) is 5.69 Å². The minimum atomic E-state index is -0.108. The summed E-state index contributed by atoms with van der Waals surface area (Å²) < 4.78 is 0. The Labute approximate surface area is 113 Å². The third-order valence-corrected chi connectivity index (χ3v) is 2.82. The molecule has 2 nitrogen and oxygen atoms in total. The second-order valence-electron chi connectivity index (χ2n) is 4.19. The molecule has 0 atom stereocenters. The summed E-state index contributed by atoms with van der Waals surface area (Å²) in [4.78, 5) is 12.2. The van der Waals surface area contributed by atoms with Crippen molar-refractivity contribution in [2.75, 3.05) is 5.32 Å². The summed E-state index contributed by atoms with van der Waals surface area (Å²) in [7, 11) is 0.